The molecule has 0 bridgehead atoms. The summed E-state index contributed by atoms with van der Waals surface area (Å²) in [5.74, 6) is 0.562. The molecule has 1 atom stereocenters. The summed E-state index contributed by atoms with van der Waals surface area (Å²) >= 11 is 0. The van der Waals surface area contributed by atoms with Crippen molar-refractivity contribution in [3.05, 3.63) is 24.2 Å². The Morgan fingerprint density at radius 3 is 2.63 bits per heavy atom. The fraction of sp³-hybridized carbons (Fsp3) is 0.571. The molecule has 5 heteroatoms. The average molecular weight is 264 g/mol. The summed E-state index contributed by atoms with van der Waals surface area (Å²) in [4.78, 5) is 26.2. The van der Waals surface area contributed by atoms with E-state index in [2.05, 4.69) is 5.32 Å². The van der Waals surface area contributed by atoms with Gasteiger partial charge >= 0.3 is 0 Å². The van der Waals surface area contributed by atoms with Gasteiger partial charge in [0.25, 0.3) is 0 Å². The van der Waals surface area contributed by atoms with Crippen molar-refractivity contribution in [2.45, 2.75) is 45.2 Å². The van der Waals surface area contributed by atoms with Crippen LogP contribution in [0.2, 0.25) is 0 Å². The first-order chi connectivity index (χ1) is 9.04. The molecule has 104 valence electrons. The van der Waals surface area contributed by atoms with Crippen molar-refractivity contribution in [3.8, 4) is 0 Å². The highest BCUT2D eigenvalue weighted by molar-refractivity contribution is 5.98. The van der Waals surface area contributed by atoms with E-state index in [1.807, 2.05) is 26.8 Å². The van der Waals surface area contributed by atoms with Crippen molar-refractivity contribution in [1.29, 1.82) is 0 Å². The molecule has 19 heavy (non-hydrogen) atoms. The third-order valence-electron chi connectivity index (χ3n) is 3.99. The first-order valence-electron chi connectivity index (χ1n) is 6.69. The van der Waals surface area contributed by atoms with Gasteiger partial charge in [0.2, 0.25) is 11.8 Å². The number of nitrogens with zero attached hydrogens (tertiary/aromatic N) is 1. The van der Waals surface area contributed by atoms with Gasteiger partial charge < -0.3 is 14.6 Å². The van der Waals surface area contributed by atoms with Gasteiger partial charge in [0.05, 0.1) is 12.3 Å². The second-order valence-electron chi connectivity index (χ2n) is 4.96. The van der Waals surface area contributed by atoms with E-state index < -0.39 is 5.54 Å². The lowest BCUT2D eigenvalue weighted by Crippen LogP contribution is -2.66. The summed E-state index contributed by atoms with van der Waals surface area (Å²) in [7, 11) is 0. The molecule has 0 aromatic carbocycles. The molecule has 0 aliphatic carbocycles. The van der Waals surface area contributed by atoms with E-state index in [-0.39, 0.29) is 24.4 Å². The van der Waals surface area contributed by atoms with Crippen LogP contribution in [-0.4, -0.2) is 28.8 Å². The standard InChI is InChI=1S/C14H20N2O3/c1-4-14(5-2)13(18)16(9-12(17)15-14)10(3)11-7-6-8-19-11/h6-8,10H,4-5,9H2,1-3H3,(H,15,17). The minimum Gasteiger partial charge on any atom is -0.467 e. The summed E-state index contributed by atoms with van der Waals surface area (Å²) in [5, 5.41) is 2.85. The van der Waals surface area contributed by atoms with Crippen molar-refractivity contribution >= 4 is 11.8 Å². The molecule has 1 aromatic heterocycles. The first kappa shape index (κ1) is 13.6. The van der Waals surface area contributed by atoms with Crippen molar-refractivity contribution < 1.29 is 14.0 Å². The number of rotatable bonds is 4. The lowest BCUT2D eigenvalue weighted by atomic mass is 9.88. The van der Waals surface area contributed by atoms with Crippen LogP contribution in [0.3, 0.4) is 0 Å². The van der Waals surface area contributed by atoms with Crippen LogP contribution in [0.4, 0.5) is 0 Å². The molecule has 1 aliphatic rings. The number of furan rings is 1. The Morgan fingerprint density at radius 2 is 2.11 bits per heavy atom. The molecule has 1 fully saturated rings. The third kappa shape index (κ3) is 2.25. The minimum atomic E-state index is -0.768. The molecular formula is C14H20N2O3. The average Bonchev–Trinajstić information content (AvgIpc) is 2.94. The number of piperazine rings is 1. The highest BCUT2D eigenvalue weighted by Gasteiger charge is 2.45. The summed E-state index contributed by atoms with van der Waals surface area (Å²) < 4.78 is 5.34. The molecule has 1 unspecified atom stereocenters. The minimum absolute atomic E-state index is 0.0269. The lowest BCUT2D eigenvalue weighted by molar-refractivity contribution is -0.153. The fourth-order valence-corrected chi connectivity index (χ4v) is 2.59. The Bertz CT molecular complexity index is 463. The quantitative estimate of drug-likeness (QED) is 0.902. The van der Waals surface area contributed by atoms with Crippen LogP contribution in [0, 0.1) is 0 Å². The van der Waals surface area contributed by atoms with Gasteiger partial charge in [-0.25, -0.2) is 0 Å². The zero-order valence-electron chi connectivity index (χ0n) is 11.6. The molecule has 1 aromatic rings. The lowest BCUT2D eigenvalue weighted by Gasteiger charge is -2.43. The predicted molar refractivity (Wildman–Crippen MR) is 70.3 cm³/mol. The Balaban J connectivity index is 2.30. The fourth-order valence-electron chi connectivity index (χ4n) is 2.59. The van der Waals surface area contributed by atoms with Crippen molar-refractivity contribution in [1.82, 2.24) is 10.2 Å². The van der Waals surface area contributed by atoms with Crippen LogP contribution in [0.25, 0.3) is 0 Å². The molecule has 0 saturated carbocycles. The van der Waals surface area contributed by atoms with E-state index in [0.29, 0.717) is 18.6 Å². The maximum Gasteiger partial charge on any atom is 0.249 e. The topological polar surface area (TPSA) is 62.6 Å². The molecule has 1 saturated heterocycles. The molecule has 1 aliphatic heterocycles. The second kappa shape index (κ2) is 5.07. The number of hydrogen-bond donors (Lipinski definition) is 1. The summed E-state index contributed by atoms with van der Waals surface area (Å²) in [6.07, 6.45) is 2.76. The van der Waals surface area contributed by atoms with Crippen LogP contribution in [0.1, 0.15) is 45.4 Å². The Hall–Kier alpha value is -1.78. The van der Waals surface area contributed by atoms with Crippen LogP contribution in [-0.2, 0) is 9.59 Å². The van der Waals surface area contributed by atoms with E-state index in [0.717, 1.165) is 0 Å². The summed E-state index contributed by atoms with van der Waals surface area (Å²) in [6.45, 7) is 5.80. The van der Waals surface area contributed by atoms with E-state index >= 15 is 0 Å². The highest BCUT2D eigenvalue weighted by atomic mass is 16.3. The van der Waals surface area contributed by atoms with Crippen molar-refractivity contribution in [3.63, 3.8) is 0 Å². The number of amides is 2. The Kier molecular flexibility index (Phi) is 3.64. The molecule has 5 nitrogen and oxygen atoms in total. The SMILES string of the molecule is CCC1(CC)NC(=O)CN(C(C)c2ccco2)C1=O. The van der Waals surface area contributed by atoms with Gasteiger partial charge in [0.1, 0.15) is 17.8 Å². The van der Waals surface area contributed by atoms with Crippen LogP contribution in [0.5, 0.6) is 0 Å². The largest absolute Gasteiger partial charge is 0.467 e. The van der Waals surface area contributed by atoms with E-state index in [9.17, 15) is 9.59 Å². The predicted octanol–water partition coefficient (Wildman–Crippen LogP) is 1.86. The number of hydrogen-bond acceptors (Lipinski definition) is 3. The van der Waals surface area contributed by atoms with Gasteiger partial charge in [-0.15, -0.1) is 0 Å². The normalized spacial score (nSPS) is 20.3. The maximum absolute atomic E-state index is 12.7. The van der Waals surface area contributed by atoms with Crippen molar-refractivity contribution in [2.75, 3.05) is 6.54 Å². The van der Waals surface area contributed by atoms with Gasteiger partial charge in [-0.1, -0.05) is 13.8 Å². The highest BCUT2D eigenvalue weighted by Crippen LogP contribution is 2.29. The first-order valence-corrected chi connectivity index (χ1v) is 6.69. The molecule has 1 N–H and O–H groups in total. The van der Waals surface area contributed by atoms with Crippen LogP contribution in [0.15, 0.2) is 22.8 Å². The van der Waals surface area contributed by atoms with E-state index in [1.165, 1.54) is 0 Å². The molecule has 0 radical (unpaired) electrons. The van der Waals surface area contributed by atoms with Gasteiger partial charge in [0.15, 0.2) is 0 Å². The van der Waals surface area contributed by atoms with Gasteiger partial charge in [-0.3, -0.25) is 9.59 Å². The summed E-state index contributed by atoms with van der Waals surface area (Å²) in [6, 6.07) is 3.38. The molecule has 2 rings (SSSR count). The van der Waals surface area contributed by atoms with E-state index in [1.54, 1.807) is 17.2 Å². The number of nitrogens with one attached hydrogen (secondary N) is 1. The maximum atomic E-state index is 12.7. The van der Waals surface area contributed by atoms with Gasteiger partial charge in [-0.05, 0) is 31.9 Å². The smallest absolute Gasteiger partial charge is 0.249 e. The molecule has 2 heterocycles. The molecular weight excluding hydrogens is 244 g/mol. The van der Waals surface area contributed by atoms with Crippen LogP contribution >= 0.6 is 0 Å². The number of carbonyl (C=O) groups excluding carboxylic acids is 2. The Labute approximate surface area is 113 Å². The summed E-state index contributed by atoms with van der Waals surface area (Å²) in [5.41, 5.74) is -0.768. The van der Waals surface area contributed by atoms with E-state index in [4.69, 9.17) is 4.42 Å². The monoisotopic (exact) mass is 264 g/mol. The Morgan fingerprint density at radius 1 is 1.42 bits per heavy atom. The van der Waals surface area contributed by atoms with Gasteiger partial charge in [0, 0.05) is 0 Å². The van der Waals surface area contributed by atoms with Gasteiger partial charge in [-0.2, -0.15) is 0 Å². The van der Waals surface area contributed by atoms with Crippen molar-refractivity contribution in [2.24, 2.45) is 0 Å². The zero-order valence-corrected chi connectivity index (χ0v) is 11.6. The van der Waals surface area contributed by atoms with Crippen LogP contribution < -0.4 is 5.32 Å². The number of carbonyl (C=O) groups is 2. The zero-order chi connectivity index (χ0) is 14.0. The molecule has 2 amide bonds. The second-order valence-corrected chi connectivity index (χ2v) is 4.96. The molecule has 0 spiro atoms. The third-order valence-corrected chi connectivity index (χ3v) is 3.99.